The zero-order valence-corrected chi connectivity index (χ0v) is 33.6. The number of carbonyl (C=O) groups is 2. The van der Waals surface area contributed by atoms with Crippen molar-refractivity contribution in [3.63, 3.8) is 0 Å². The second-order valence-electron chi connectivity index (χ2n) is 12.9. The van der Waals surface area contributed by atoms with Crippen molar-refractivity contribution in [1.29, 1.82) is 0 Å². The van der Waals surface area contributed by atoms with Gasteiger partial charge in [-0.1, -0.05) is 24.3 Å². The molecule has 306 valence electrons. The van der Waals surface area contributed by atoms with Crippen molar-refractivity contribution >= 4 is 91.8 Å². The molecule has 61 heavy (non-hydrogen) atoms. The van der Waals surface area contributed by atoms with Crippen LogP contribution in [0.25, 0.3) is 12.2 Å². The lowest BCUT2D eigenvalue weighted by Crippen LogP contribution is -2.00. The van der Waals surface area contributed by atoms with Gasteiger partial charge in [0, 0.05) is 4.90 Å². The molecule has 6 aromatic carbocycles. The Kier molecular flexibility index (Phi) is 13.8. The van der Waals surface area contributed by atoms with Crippen LogP contribution in [0.2, 0.25) is 0 Å². The Hall–Kier alpha value is -7.42. The number of nitrogens with zero attached hydrogens (tertiary/aromatic N) is 8. The number of rotatable bonds is 15. The summed E-state index contributed by atoms with van der Waals surface area (Å²) in [6.07, 6.45) is 3.03. The van der Waals surface area contributed by atoms with Gasteiger partial charge in [-0.25, -0.2) is 14.8 Å². The van der Waals surface area contributed by atoms with Crippen LogP contribution >= 0.6 is 12.0 Å². The quantitative estimate of drug-likeness (QED) is 0.0189. The fraction of sp³-hybridized carbons (Fsp3) is 0.0476. The van der Waals surface area contributed by atoms with Gasteiger partial charge in [-0.3, -0.25) is 4.55 Å². The number of hydrogen-bond donors (Lipinski definition) is 4. The maximum absolute atomic E-state index is 12.4. The predicted molar refractivity (Wildman–Crippen MR) is 227 cm³/mol. The van der Waals surface area contributed by atoms with Gasteiger partial charge >= 0.3 is 11.9 Å². The number of aryl methyl sites for hydroxylation is 2. The molecule has 0 aliphatic carbocycles. The van der Waals surface area contributed by atoms with Gasteiger partial charge in [-0.05, 0) is 145 Å². The normalized spacial score (nSPS) is 12.1. The molecule has 0 radical (unpaired) electrons. The minimum Gasteiger partial charge on any atom is -0.478 e. The number of azo groups is 4. The molecule has 0 aromatic heterocycles. The molecule has 6 rings (SSSR count). The largest absolute Gasteiger partial charge is 0.478 e. The first-order valence-electron chi connectivity index (χ1n) is 17.7. The van der Waals surface area contributed by atoms with Crippen LogP contribution in [0.3, 0.4) is 0 Å². The van der Waals surface area contributed by atoms with Crippen molar-refractivity contribution < 1.29 is 42.4 Å². The number of hydrogen-bond acceptors (Lipinski definition) is 15. The Bertz CT molecular complexity index is 2880. The molecule has 4 N–H and O–H groups in total. The molecule has 0 fully saturated rings. The van der Waals surface area contributed by atoms with Crippen molar-refractivity contribution in [3.8, 4) is 0 Å². The summed E-state index contributed by atoms with van der Waals surface area (Å²) in [6, 6.07) is 31.2. The smallest absolute Gasteiger partial charge is 0.335 e. The topological polar surface area (TPSA) is 257 Å². The first-order valence-corrected chi connectivity index (χ1v) is 19.9. The first kappa shape index (κ1) is 43.2. The zero-order chi connectivity index (χ0) is 43.5. The van der Waals surface area contributed by atoms with E-state index >= 15 is 0 Å². The van der Waals surface area contributed by atoms with Crippen molar-refractivity contribution in [2.75, 3.05) is 0 Å². The van der Waals surface area contributed by atoms with E-state index in [1.807, 2.05) is 6.92 Å². The summed E-state index contributed by atoms with van der Waals surface area (Å²) in [6.45, 7) is 3.62. The van der Waals surface area contributed by atoms with Crippen LogP contribution in [-0.4, -0.2) is 40.4 Å². The Labute approximate surface area is 352 Å². The average Bonchev–Trinajstić information content (AvgIpc) is 3.24. The molecule has 0 amide bonds. The van der Waals surface area contributed by atoms with Crippen LogP contribution in [0.15, 0.2) is 172 Å². The molecular weight excluding hydrogens is 825 g/mol. The minimum absolute atomic E-state index is 0.134. The summed E-state index contributed by atoms with van der Waals surface area (Å²) in [5, 5.41) is 61.1. The van der Waals surface area contributed by atoms with E-state index in [1.165, 1.54) is 48.5 Å². The predicted octanol–water partition coefficient (Wildman–Crippen LogP) is 13.3. The molecule has 0 heterocycles. The monoisotopic (exact) mass is 856 g/mol. The van der Waals surface area contributed by atoms with Gasteiger partial charge in [0.15, 0.2) is 0 Å². The van der Waals surface area contributed by atoms with Gasteiger partial charge < -0.3 is 10.2 Å². The molecular formula is C42H32N8O9S2. The van der Waals surface area contributed by atoms with Crippen LogP contribution in [0, 0.1) is 13.8 Å². The maximum Gasteiger partial charge on any atom is 0.335 e. The van der Waals surface area contributed by atoms with Gasteiger partial charge in [0.05, 0.1) is 68.7 Å². The number of benzene rings is 6. The van der Waals surface area contributed by atoms with Crippen LogP contribution in [-0.2, 0) is 14.5 Å². The molecule has 0 spiro atoms. The standard InChI is InChI=1S/C42H32N8O9S2/c1-25-21-33(17-19-37(25)49-43-31-11-7-29(8-12-31)41(51)52)45-47-35-15-5-27(39(23-35)60-59-55)3-4-28-6-16-36(24-40(28)61(56,57)58)48-46-34-18-20-38(26(2)22-34)50-44-32-13-9-30(10-14-32)42(53)54/h3-24,55H,1-2H3,(H,51,52)(H,53,54)(H,56,57,58). The SMILES string of the molecule is Cc1cc(N=Nc2ccc(C=Cc3ccc(N=Nc4ccc(N=Nc5ccc(C(=O)O)cc5)c(C)c4)cc3S(=O)(=O)O)c(SOO)c2)ccc1N=Nc1ccc(C(=O)O)cc1. The van der Waals surface area contributed by atoms with E-state index in [9.17, 15) is 27.8 Å². The molecule has 0 unspecified atom stereocenters. The third-order valence-corrected chi connectivity index (χ3v) is 10.1. The van der Waals surface area contributed by atoms with Crippen LogP contribution < -0.4 is 0 Å². The van der Waals surface area contributed by atoms with Crippen molar-refractivity contribution in [3.05, 3.63) is 155 Å². The highest BCUT2D eigenvalue weighted by Crippen LogP contribution is 2.33. The number of carboxylic acid groups (broad SMARTS) is 2. The van der Waals surface area contributed by atoms with E-state index in [-0.39, 0.29) is 22.4 Å². The second kappa shape index (κ2) is 19.6. The molecule has 0 atom stereocenters. The Morgan fingerprint density at radius 2 is 0.902 bits per heavy atom. The van der Waals surface area contributed by atoms with E-state index in [0.29, 0.717) is 67.9 Å². The van der Waals surface area contributed by atoms with Crippen molar-refractivity contribution in [1.82, 2.24) is 0 Å². The lowest BCUT2D eigenvalue weighted by molar-refractivity contribution is -0.116. The van der Waals surface area contributed by atoms with Gasteiger partial charge in [0.25, 0.3) is 10.1 Å². The maximum atomic E-state index is 12.4. The summed E-state index contributed by atoms with van der Waals surface area (Å²) in [5.74, 6) is -2.07. The minimum atomic E-state index is -4.71. The van der Waals surface area contributed by atoms with Gasteiger partial charge in [-0.2, -0.15) is 53.7 Å². The lowest BCUT2D eigenvalue weighted by Gasteiger charge is -2.06. The Balaban J connectivity index is 1.14. The first-order chi connectivity index (χ1) is 29.2. The molecule has 19 heteroatoms. The second-order valence-corrected chi connectivity index (χ2v) is 15.0. The fourth-order valence-corrected chi connectivity index (χ4v) is 6.57. The lowest BCUT2D eigenvalue weighted by atomic mass is 10.1. The van der Waals surface area contributed by atoms with E-state index in [1.54, 1.807) is 91.9 Å². The molecule has 0 aliphatic rings. The summed E-state index contributed by atoms with van der Waals surface area (Å²) < 4.78 is 39.3. The highest BCUT2D eigenvalue weighted by molar-refractivity contribution is 7.94. The molecule has 17 nitrogen and oxygen atoms in total. The summed E-state index contributed by atoms with van der Waals surface area (Å²) in [5.41, 5.74) is 6.03. The van der Waals surface area contributed by atoms with Crippen molar-refractivity contribution in [2.45, 2.75) is 23.6 Å². The van der Waals surface area contributed by atoms with E-state index in [4.69, 9.17) is 10.2 Å². The summed E-state index contributed by atoms with van der Waals surface area (Å²) in [7, 11) is -4.71. The van der Waals surface area contributed by atoms with E-state index in [0.717, 1.165) is 5.56 Å². The average molecular weight is 857 g/mol. The highest BCUT2D eigenvalue weighted by atomic mass is 32.2. The van der Waals surface area contributed by atoms with Gasteiger partial charge in [0.2, 0.25) is 0 Å². The third-order valence-electron chi connectivity index (χ3n) is 8.54. The zero-order valence-electron chi connectivity index (χ0n) is 31.9. The Morgan fingerprint density at radius 1 is 0.525 bits per heavy atom. The molecule has 6 aromatic rings. The third kappa shape index (κ3) is 11.8. The number of aromatic carboxylic acids is 2. The summed E-state index contributed by atoms with van der Waals surface area (Å²) in [4.78, 5) is 22.1. The van der Waals surface area contributed by atoms with E-state index < -0.39 is 27.0 Å². The molecule has 0 saturated carbocycles. The van der Waals surface area contributed by atoms with Gasteiger partial charge in [0.1, 0.15) is 4.90 Å². The van der Waals surface area contributed by atoms with E-state index in [2.05, 4.69) is 45.2 Å². The Morgan fingerprint density at radius 3 is 1.33 bits per heavy atom. The molecule has 0 aliphatic heterocycles. The highest BCUT2D eigenvalue weighted by Gasteiger charge is 2.16. The van der Waals surface area contributed by atoms with Gasteiger partial charge in [-0.15, -0.1) is 0 Å². The van der Waals surface area contributed by atoms with Crippen LogP contribution in [0.4, 0.5) is 45.5 Å². The fourth-order valence-electron chi connectivity index (χ4n) is 5.38. The van der Waals surface area contributed by atoms with Crippen LogP contribution in [0.5, 0.6) is 0 Å². The van der Waals surface area contributed by atoms with Crippen LogP contribution in [0.1, 0.15) is 43.0 Å². The number of carboxylic acids is 2. The molecule has 0 bridgehead atoms. The summed E-state index contributed by atoms with van der Waals surface area (Å²) >= 11 is 0.631. The molecule has 0 saturated heterocycles. The van der Waals surface area contributed by atoms with Crippen molar-refractivity contribution in [2.24, 2.45) is 40.9 Å².